The van der Waals surface area contributed by atoms with E-state index in [1.54, 1.807) is 7.11 Å². The predicted molar refractivity (Wildman–Crippen MR) is 46.7 cm³/mol. The van der Waals surface area contributed by atoms with Crippen LogP contribution in [0.1, 0.15) is 25.7 Å². The van der Waals surface area contributed by atoms with Gasteiger partial charge in [0.15, 0.2) is 0 Å². The van der Waals surface area contributed by atoms with Gasteiger partial charge < -0.3 is 14.6 Å². The lowest BCUT2D eigenvalue weighted by molar-refractivity contribution is -0.156. The van der Waals surface area contributed by atoms with Crippen LogP contribution in [0.4, 0.5) is 0 Å². The van der Waals surface area contributed by atoms with E-state index in [4.69, 9.17) is 14.6 Å². The Kier molecular flexibility index (Phi) is 3.69. The van der Waals surface area contributed by atoms with Gasteiger partial charge in [0.25, 0.3) is 0 Å². The highest BCUT2D eigenvalue weighted by molar-refractivity contribution is 5.68. The fraction of sp³-hybridized carbons (Fsp3) is 0.889. The Labute approximate surface area is 77.8 Å². The van der Waals surface area contributed by atoms with E-state index in [1.807, 2.05) is 0 Å². The van der Waals surface area contributed by atoms with Crippen molar-refractivity contribution < 1.29 is 19.4 Å². The standard InChI is InChI=1S/C9H16O4/c1-12-5-6-13-9(3-2-4-9)7-8(10)11/h2-7H2,1H3,(H,10,11). The fourth-order valence-electron chi connectivity index (χ4n) is 1.56. The van der Waals surface area contributed by atoms with Crippen LogP contribution in [0.25, 0.3) is 0 Å². The molecule has 0 amide bonds. The molecule has 0 saturated heterocycles. The summed E-state index contributed by atoms with van der Waals surface area (Å²) < 4.78 is 10.3. The molecule has 76 valence electrons. The molecule has 0 unspecified atom stereocenters. The Morgan fingerprint density at radius 1 is 1.46 bits per heavy atom. The van der Waals surface area contributed by atoms with Crippen LogP contribution in [0.5, 0.6) is 0 Å². The lowest BCUT2D eigenvalue weighted by Gasteiger charge is -2.40. The van der Waals surface area contributed by atoms with E-state index in [1.165, 1.54) is 0 Å². The fourth-order valence-corrected chi connectivity index (χ4v) is 1.56. The first-order valence-corrected chi connectivity index (χ1v) is 4.53. The second-order valence-corrected chi connectivity index (χ2v) is 3.45. The lowest BCUT2D eigenvalue weighted by Crippen LogP contribution is -2.42. The molecule has 0 aliphatic heterocycles. The molecule has 0 atom stereocenters. The number of hydrogen-bond acceptors (Lipinski definition) is 3. The zero-order valence-electron chi connectivity index (χ0n) is 7.91. The van der Waals surface area contributed by atoms with Crippen molar-refractivity contribution in [1.82, 2.24) is 0 Å². The lowest BCUT2D eigenvalue weighted by atomic mass is 9.77. The zero-order chi connectivity index (χ0) is 9.73. The van der Waals surface area contributed by atoms with Crippen LogP contribution in [-0.4, -0.2) is 37.0 Å². The number of hydrogen-bond donors (Lipinski definition) is 1. The summed E-state index contributed by atoms with van der Waals surface area (Å²) in [6.07, 6.45) is 2.92. The van der Waals surface area contributed by atoms with Crippen molar-refractivity contribution in [2.75, 3.05) is 20.3 Å². The van der Waals surface area contributed by atoms with E-state index < -0.39 is 5.97 Å². The average Bonchev–Trinajstić information content (AvgIpc) is 1.99. The van der Waals surface area contributed by atoms with Gasteiger partial charge in [-0.15, -0.1) is 0 Å². The van der Waals surface area contributed by atoms with Crippen LogP contribution < -0.4 is 0 Å². The smallest absolute Gasteiger partial charge is 0.306 e. The maximum atomic E-state index is 10.5. The summed E-state index contributed by atoms with van der Waals surface area (Å²) in [6, 6.07) is 0. The van der Waals surface area contributed by atoms with E-state index in [9.17, 15) is 4.79 Å². The van der Waals surface area contributed by atoms with E-state index in [-0.39, 0.29) is 12.0 Å². The van der Waals surface area contributed by atoms with E-state index in [0.29, 0.717) is 13.2 Å². The van der Waals surface area contributed by atoms with Gasteiger partial charge in [0, 0.05) is 7.11 Å². The number of carboxylic acids is 1. The third kappa shape index (κ3) is 2.97. The Hall–Kier alpha value is -0.610. The molecule has 1 N–H and O–H groups in total. The van der Waals surface area contributed by atoms with Gasteiger partial charge in [0.2, 0.25) is 0 Å². The molecule has 4 nitrogen and oxygen atoms in total. The van der Waals surface area contributed by atoms with Gasteiger partial charge in [0.05, 0.1) is 25.2 Å². The maximum Gasteiger partial charge on any atom is 0.306 e. The molecule has 1 aliphatic rings. The minimum atomic E-state index is -0.780. The van der Waals surface area contributed by atoms with Crippen molar-refractivity contribution in [3.05, 3.63) is 0 Å². The number of rotatable bonds is 6. The Morgan fingerprint density at radius 3 is 2.54 bits per heavy atom. The highest BCUT2D eigenvalue weighted by Gasteiger charge is 2.39. The minimum absolute atomic E-state index is 0.122. The molecular formula is C9H16O4. The SMILES string of the molecule is COCCOC1(CC(=O)O)CCC1. The highest BCUT2D eigenvalue weighted by atomic mass is 16.5. The summed E-state index contributed by atoms with van der Waals surface area (Å²) >= 11 is 0. The van der Waals surface area contributed by atoms with Gasteiger partial charge in [-0.25, -0.2) is 0 Å². The number of methoxy groups -OCH3 is 1. The van der Waals surface area contributed by atoms with Gasteiger partial charge in [0.1, 0.15) is 0 Å². The van der Waals surface area contributed by atoms with Crippen LogP contribution in [0.2, 0.25) is 0 Å². The zero-order valence-corrected chi connectivity index (χ0v) is 7.91. The summed E-state index contributed by atoms with van der Waals surface area (Å²) in [5, 5.41) is 8.66. The van der Waals surface area contributed by atoms with Crippen LogP contribution in [0.15, 0.2) is 0 Å². The molecule has 0 aromatic carbocycles. The molecule has 1 aliphatic carbocycles. The van der Waals surface area contributed by atoms with Crippen molar-refractivity contribution in [2.24, 2.45) is 0 Å². The van der Waals surface area contributed by atoms with Gasteiger partial charge in [-0.05, 0) is 19.3 Å². The Bertz CT molecular complexity index is 174. The van der Waals surface area contributed by atoms with Crippen molar-refractivity contribution >= 4 is 5.97 Å². The summed E-state index contributed by atoms with van der Waals surface area (Å²) in [7, 11) is 1.61. The van der Waals surface area contributed by atoms with Gasteiger partial charge >= 0.3 is 5.97 Å². The first kappa shape index (κ1) is 10.5. The molecular weight excluding hydrogens is 172 g/mol. The first-order valence-electron chi connectivity index (χ1n) is 4.53. The monoisotopic (exact) mass is 188 g/mol. The largest absolute Gasteiger partial charge is 0.481 e. The summed E-state index contributed by atoms with van der Waals surface area (Å²) in [4.78, 5) is 10.5. The Morgan fingerprint density at radius 2 is 2.15 bits per heavy atom. The van der Waals surface area contributed by atoms with E-state index in [2.05, 4.69) is 0 Å². The topological polar surface area (TPSA) is 55.8 Å². The number of carboxylic acid groups (broad SMARTS) is 1. The number of carbonyl (C=O) groups is 1. The molecule has 0 aromatic rings. The van der Waals surface area contributed by atoms with Crippen LogP contribution >= 0.6 is 0 Å². The minimum Gasteiger partial charge on any atom is -0.481 e. The van der Waals surface area contributed by atoms with Crippen LogP contribution in [0.3, 0.4) is 0 Å². The molecule has 0 bridgehead atoms. The molecule has 1 saturated carbocycles. The maximum absolute atomic E-state index is 10.5. The molecule has 1 fully saturated rings. The first-order chi connectivity index (χ1) is 6.18. The third-order valence-corrected chi connectivity index (χ3v) is 2.43. The van der Waals surface area contributed by atoms with Gasteiger partial charge in [-0.3, -0.25) is 4.79 Å². The van der Waals surface area contributed by atoms with Gasteiger partial charge in [-0.1, -0.05) is 0 Å². The van der Waals surface area contributed by atoms with E-state index in [0.717, 1.165) is 19.3 Å². The molecule has 13 heavy (non-hydrogen) atoms. The van der Waals surface area contributed by atoms with Crippen molar-refractivity contribution in [1.29, 1.82) is 0 Å². The van der Waals surface area contributed by atoms with Crippen LogP contribution in [-0.2, 0) is 14.3 Å². The van der Waals surface area contributed by atoms with Gasteiger partial charge in [-0.2, -0.15) is 0 Å². The number of aliphatic carboxylic acids is 1. The van der Waals surface area contributed by atoms with Crippen molar-refractivity contribution in [3.63, 3.8) is 0 Å². The second-order valence-electron chi connectivity index (χ2n) is 3.45. The van der Waals surface area contributed by atoms with Crippen molar-refractivity contribution in [3.8, 4) is 0 Å². The quantitative estimate of drug-likeness (QED) is 0.633. The van der Waals surface area contributed by atoms with Crippen molar-refractivity contribution in [2.45, 2.75) is 31.3 Å². The summed E-state index contributed by atoms with van der Waals surface area (Å²) in [6.45, 7) is 1.02. The number of ether oxygens (including phenoxy) is 2. The highest BCUT2D eigenvalue weighted by Crippen LogP contribution is 2.38. The predicted octanol–water partition coefficient (Wildman–Crippen LogP) is 1.05. The summed E-state index contributed by atoms with van der Waals surface area (Å²) in [5.74, 6) is -0.780. The van der Waals surface area contributed by atoms with E-state index >= 15 is 0 Å². The average molecular weight is 188 g/mol. The molecule has 0 heterocycles. The third-order valence-electron chi connectivity index (χ3n) is 2.43. The normalized spacial score (nSPS) is 19.5. The molecule has 0 radical (unpaired) electrons. The molecule has 0 spiro atoms. The van der Waals surface area contributed by atoms with Crippen LogP contribution in [0, 0.1) is 0 Å². The molecule has 4 heteroatoms. The second kappa shape index (κ2) is 4.58. The molecule has 1 rings (SSSR count). The summed E-state index contributed by atoms with van der Waals surface area (Å²) in [5.41, 5.74) is -0.385. The molecule has 0 aromatic heterocycles. The Balaban J connectivity index is 2.27.